The van der Waals surface area contributed by atoms with E-state index in [0.717, 1.165) is 16.3 Å². The van der Waals surface area contributed by atoms with Crippen LogP contribution in [-0.4, -0.2) is 13.3 Å². The molecule has 0 aromatic heterocycles. The Labute approximate surface area is 148 Å². The summed E-state index contributed by atoms with van der Waals surface area (Å²) in [5.41, 5.74) is 6.83. The maximum Gasteiger partial charge on any atom is 0.0438 e. The van der Waals surface area contributed by atoms with Crippen molar-refractivity contribution in [1.82, 2.24) is 5.32 Å². The zero-order chi connectivity index (χ0) is 16.4. The Morgan fingerprint density at radius 1 is 1.13 bits per heavy atom. The van der Waals surface area contributed by atoms with E-state index in [0.29, 0.717) is 12.0 Å². The standard InChI is InChI=1S/C20H24ClNS/c1-13-4-6-15(11-19(13)21)16-8-9-20(22-2)18-10-14(12-23-3)5-7-17(16)18/h4-7,10-11,16,20,22H,8-9,12H2,1-3H3. The van der Waals surface area contributed by atoms with Gasteiger partial charge in [-0.3, -0.25) is 0 Å². The first-order valence-corrected chi connectivity index (χ1v) is 9.96. The molecule has 0 spiro atoms. The lowest BCUT2D eigenvalue weighted by Gasteiger charge is -2.32. The van der Waals surface area contributed by atoms with Gasteiger partial charge in [-0.2, -0.15) is 11.8 Å². The highest BCUT2D eigenvalue weighted by Crippen LogP contribution is 2.42. The number of benzene rings is 2. The van der Waals surface area contributed by atoms with E-state index in [2.05, 4.69) is 61.9 Å². The molecule has 0 bridgehead atoms. The molecule has 3 heteroatoms. The molecule has 2 aromatic carbocycles. The summed E-state index contributed by atoms with van der Waals surface area (Å²) in [6.07, 6.45) is 4.49. The van der Waals surface area contributed by atoms with Crippen molar-refractivity contribution in [3.8, 4) is 0 Å². The van der Waals surface area contributed by atoms with Gasteiger partial charge in [0.25, 0.3) is 0 Å². The van der Waals surface area contributed by atoms with E-state index < -0.39 is 0 Å². The molecule has 0 amide bonds. The summed E-state index contributed by atoms with van der Waals surface area (Å²) < 4.78 is 0. The van der Waals surface area contributed by atoms with Crippen molar-refractivity contribution in [2.24, 2.45) is 0 Å². The number of rotatable bonds is 4. The summed E-state index contributed by atoms with van der Waals surface area (Å²) in [5.74, 6) is 1.53. The third-order valence-corrected chi connectivity index (χ3v) is 5.93. The second kappa shape index (κ2) is 7.29. The monoisotopic (exact) mass is 345 g/mol. The smallest absolute Gasteiger partial charge is 0.0438 e. The van der Waals surface area contributed by atoms with Crippen LogP contribution in [0, 0.1) is 6.92 Å². The van der Waals surface area contributed by atoms with E-state index >= 15 is 0 Å². The Bertz CT molecular complexity index is 698. The Kier molecular flexibility index (Phi) is 5.35. The number of halogens is 1. The fourth-order valence-electron chi connectivity index (χ4n) is 3.62. The van der Waals surface area contributed by atoms with Gasteiger partial charge in [-0.15, -0.1) is 0 Å². The topological polar surface area (TPSA) is 12.0 Å². The summed E-state index contributed by atoms with van der Waals surface area (Å²) in [7, 11) is 2.07. The second-order valence-corrected chi connectivity index (χ2v) is 7.65. The van der Waals surface area contributed by atoms with Gasteiger partial charge in [0, 0.05) is 22.7 Å². The van der Waals surface area contributed by atoms with Crippen LogP contribution in [0.5, 0.6) is 0 Å². The molecule has 2 unspecified atom stereocenters. The van der Waals surface area contributed by atoms with Crippen LogP contribution in [0.2, 0.25) is 5.02 Å². The van der Waals surface area contributed by atoms with Gasteiger partial charge in [0.05, 0.1) is 0 Å². The lowest BCUT2D eigenvalue weighted by molar-refractivity contribution is 0.470. The fourth-order valence-corrected chi connectivity index (χ4v) is 4.32. The molecular weight excluding hydrogens is 322 g/mol. The SMILES string of the molecule is CNC1CCC(c2ccc(C)c(Cl)c2)c2ccc(CSC)cc21. The largest absolute Gasteiger partial charge is 0.313 e. The van der Waals surface area contributed by atoms with E-state index in [1.165, 1.54) is 35.1 Å². The molecule has 0 saturated carbocycles. The van der Waals surface area contributed by atoms with Gasteiger partial charge in [0.15, 0.2) is 0 Å². The first kappa shape index (κ1) is 16.9. The minimum atomic E-state index is 0.455. The summed E-state index contributed by atoms with van der Waals surface area (Å²) in [5, 5.41) is 4.36. The maximum atomic E-state index is 6.37. The average Bonchev–Trinajstić information content (AvgIpc) is 2.56. The van der Waals surface area contributed by atoms with Gasteiger partial charge < -0.3 is 5.32 Å². The number of hydrogen-bond donors (Lipinski definition) is 1. The zero-order valence-corrected chi connectivity index (χ0v) is 15.6. The van der Waals surface area contributed by atoms with Gasteiger partial charge in [-0.05, 0) is 67.0 Å². The van der Waals surface area contributed by atoms with Crippen LogP contribution in [-0.2, 0) is 5.75 Å². The van der Waals surface area contributed by atoms with Crippen molar-refractivity contribution in [3.05, 3.63) is 69.2 Å². The molecule has 23 heavy (non-hydrogen) atoms. The van der Waals surface area contributed by atoms with Gasteiger partial charge in [0.2, 0.25) is 0 Å². The van der Waals surface area contributed by atoms with Gasteiger partial charge >= 0.3 is 0 Å². The van der Waals surface area contributed by atoms with E-state index in [1.54, 1.807) is 0 Å². The number of fused-ring (bicyclic) bond motifs is 1. The minimum Gasteiger partial charge on any atom is -0.313 e. The Morgan fingerprint density at radius 2 is 1.96 bits per heavy atom. The minimum absolute atomic E-state index is 0.455. The summed E-state index contributed by atoms with van der Waals surface area (Å²) in [6, 6.07) is 14.0. The molecule has 0 fully saturated rings. The van der Waals surface area contributed by atoms with Crippen LogP contribution >= 0.6 is 23.4 Å². The summed E-state index contributed by atoms with van der Waals surface area (Å²) in [6.45, 7) is 2.06. The molecule has 0 radical (unpaired) electrons. The molecule has 1 N–H and O–H groups in total. The molecule has 0 heterocycles. The first-order valence-electron chi connectivity index (χ1n) is 8.19. The number of hydrogen-bond acceptors (Lipinski definition) is 2. The van der Waals surface area contributed by atoms with Gasteiger partial charge in [0.1, 0.15) is 0 Å². The number of nitrogens with one attached hydrogen (secondary N) is 1. The van der Waals surface area contributed by atoms with E-state index in [1.807, 2.05) is 11.8 Å². The van der Waals surface area contributed by atoms with Crippen LogP contribution in [0.4, 0.5) is 0 Å². The van der Waals surface area contributed by atoms with Crippen molar-refractivity contribution in [1.29, 1.82) is 0 Å². The second-order valence-electron chi connectivity index (χ2n) is 6.38. The highest BCUT2D eigenvalue weighted by atomic mass is 35.5. The van der Waals surface area contributed by atoms with Crippen molar-refractivity contribution in [2.75, 3.05) is 13.3 Å². The molecule has 3 rings (SSSR count). The predicted octanol–water partition coefficient (Wildman–Crippen LogP) is 5.70. The molecule has 1 aliphatic rings. The maximum absolute atomic E-state index is 6.37. The van der Waals surface area contributed by atoms with Gasteiger partial charge in [-0.1, -0.05) is 41.9 Å². The molecule has 2 aromatic rings. The van der Waals surface area contributed by atoms with Crippen molar-refractivity contribution >= 4 is 23.4 Å². The van der Waals surface area contributed by atoms with Crippen molar-refractivity contribution in [3.63, 3.8) is 0 Å². The van der Waals surface area contributed by atoms with Crippen LogP contribution in [0.25, 0.3) is 0 Å². The zero-order valence-electron chi connectivity index (χ0n) is 14.0. The molecule has 1 aliphatic carbocycles. The van der Waals surface area contributed by atoms with Crippen LogP contribution in [0.1, 0.15) is 52.6 Å². The summed E-state index contributed by atoms with van der Waals surface area (Å²) >= 11 is 8.24. The first-order chi connectivity index (χ1) is 11.1. The molecule has 122 valence electrons. The third kappa shape index (κ3) is 3.45. The molecule has 1 nitrogen and oxygen atoms in total. The van der Waals surface area contributed by atoms with Crippen LogP contribution < -0.4 is 5.32 Å². The molecule has 0 aliphatic heterocycles. The van der Waals surface area contributed by atoms with E-state index in [4.69, 9.17) is 11.6 Å². The average molecular weight is 346 g/mol. The van der Waals surface area contributed by atoms with E-state index in [9.17, 15) is 0 Å². The van der Waals surface area contributed by atoms with E-state index in [-0.39, 0.29) is 0 Å². The highest BCUT2D eigenvalue weighted by molar-refractivity contribution is 7.97. The Balaban J connectivity index is 2.03. The fraction of sp³-hybridized carbons (Fsp3) is 0.400. The summed E-state index contributed by atoms with van der Waals surface area (Å²) in [4.78, 5) is 0. The van der Waals surface area contributed by atoms with Crippen LogP contribution in [0.15, 0.2) is 36.4 Å². The molecule has 0 saturated heterocycles. The number of thioether (sulfide) groups is 1. The quantitative estimate of drug-likeness (QED) is 0.763. The Hall–Kier alpha value is -0.960. The highest BCUT2D eigenvalue weighted by Gasteiger charge is 2.27. The third-order valence-electron chi connectivity index (χ3n) is 4.90. The van der Waals surface area contributed by atoms with Crippen LogP contribution in [0.3, 0.4) is 0 Å². The Morgan fingerprint density at radius 3 is 2.65 bits per heavy atom. The van der Waals surface area contributed by atoms with Gasteiger partial charge in [-0.25, -0.2) is 0 Å². The predicted molar refractivity (Wildman–Crippen MR) is 103 cm³/mol. The van der Waals surface area contributed by atoms with Crippen molar-refractivity contribution < 1.29 is 0 Å². The lowest BCUT2D eigenvalue weighted by Crippen LogP contribution is -2.24. The van der Waals surface area contributed by atoms with Crippen molar-refractivity contribution in [2.45, 2.75) is 37.5 Å². The lowest BCUT2D eigenvalue weighted by atomic mass is 9.76. The normalized spacial score (nSPS) is 20.3. The molecular formula is C20H24ClNS. The number of aryl methyl sites for hydroxylation is 1. The molecule has 2 atom stereocenters.